The SMILES string of the molecule is Fc1cnc(N2CCCN(Cc3ccncc3)CC2)nc1N1CCOCC1. The topological polar surface area (TPSA) is 57.6 Å². The van der Waals surface area contributed by atoms with Crippen LogP contribution < -0.4 is 9.80 Å². The minimum Gasteiger partial charge on any atom is -0.378 e. The summed E-state index contributed by atoms with van der Waals surface area (Å²) in [6.45, 7) is 7.10. The summed E-state index contributed by atoms with van der Waals surface area (Å²) in [6, 6.07) is 4.11. The van der Waals surface area contributed by atoms with Gasteiger partial charge < -0.3 is 14.5 Å². The van der Waals surface area contributed by atoms with E-state index in [0.29, 0.717) is 38.1 Å². The Morgan fingerprint density at radius 3 is 2.59 bits per heavy atom. The first-order valence-electron chi connectivity index (χ1n) is 9.51. The Labute approximate surface area is 158 Å². The molecule has 2 saturated heterocycles. The second-order valence-corrected chi connectivity index (χ2v) is 6.91. The molecule has 0 bridgehead atoms. The van der Waals surface area contributed by atoms with Gasteiger partial charge in [0.15, 0.2) is 11.6 Å². The normalized spacial score (nSPS) is 19.1. The molecule has 0 atom stereocenters. The average molecular weight is 372 g/mol. The number of ether oxygens (including phenoxy) is 1. The number of halogens is 1. The number of pyridine rings is 1. The molecule has 0 N–H and O–H groups in total. The van der Waals surface area contributed by atoms with Crippen molar-refractivity contribution in [3.8, 4) is 0 Å². The summed E-state index contributed by atoms with van der Waals surface area (Å²) in [5.74, 6) is 0.639. The standard InChI is InChI=1S/C19H25FN6O/c20-17-14-22-19(23-18(17)25-10-12-27-13-11-25)26-7-1-6-24(8-9-26)15-16-2-4-21-5-3-16/h2-5,14H,1,6-13,15H2. The summed E-state index contributed by atoms with van der Waals surface area (Å²) in [5.41, 5.74) is 1.27. The molecule has 0 aliphatic carbocycles. The summed E-state index contributed by atoms with van der Waals surface area (Å²) < 4.78 is 19.6. The Hall–Kier alpha value is -2.32. The van der Waals surface area contributed by atoms with Gasteiger partial charge in [0, 0.05) is 58.2 Å². The Balaban J connectivity index is 1.43. The van der Waals surface area contributed by atoms with Gasteiger partial charge in [-0.2, -0.15) is 4.98 Å². The van der Waals surface area contributed by atoms with Gasteiger partial charge >= 0.3 is 0 Å². The number of morpholine rings is 1. The van der Waals surface area contributed by atoms with Gasteiger partial charge in [-0.25, -0.2) is 9.37 Å². The average Bonchev–Trinajstić information content (AvgIpc) is 2.95. The summed E-state index contributed by atoms with van der Waals surface area (Å²) in [4.78, 5) is 19.4. The Morgan fingerprint density at radius 1 is 0.963 bits per heavy atom. The number of hydrogen-bond acceptors (Lipinski definition) is 7. The van der Waals surface area contributed by atoms with E-state index in [-0.39, 0.29) is 5.82 Å². The zero-order chi connectivity index (χ0) is 18.5. The lowest BCUT2D eigenvalue weighted by molar-refractivity contribution is 0.122. The Kier molecular flexibility index (Phi) is 5.74. The maximum absolute atomic E-state index is 14.3. The molecule has 0 spiro atoms. The van der Waals surface area contributed by atoms with E-state index in [9.17, 15) is 4.39 Å². The smallest absolute Gasteiger partial charge is 0.227 e. The molecule has 2 fully saturated rings. The third-order valence-corrected chi connectivity index (χ3v) is 5.05. The van der Waals surface area contributed by atoms with Crippen LogP contribution in [0.5, 0.6) is 0 Å². The van der Waals surface area contributed by atoms with Crippen molar-refractivity contribution in [2.24, 2.45) is 0 Å². The fraction of sp³-hybridized carbons (Fsp3) is 0.526. The third kappa shape index (κ3) is 4.51. The molecular formula is C19H25FN6O. The summed E-state index contributed by atoms with van der Waals surface area (Å²) in [5, 5.41) is 0. The van der Waals surface area contributed by atoms with Crippen LogP contribution in [0, 0.1) is 5.82 Å². The van der Waals surface area contributed by atoms with E-state index < -0.39 is 0 Å². The van der Waals surface area contributed by atoms with Crippen LogP contribution in [-0.2, 0) is 11.3 Å². The molecule has 4 heterocycles. The molecule has 2 aromatic rings. The molecule has 0 unspecified atom stereocenters. The van der Waals surface area contributed by atoms with E-state index in [1.165, 1.54) is 11.8 Å². The van der Waals surface area contributed by atoms with E-state index in [4.69, 9.17) is 4.74 Å². The number of aromatic nitrogens is 3. The molecule has 2 aliphatic rings. The third-order valence-electron chi connectivity index (χ3n) is 5.05. The van der Waals surface area contributed by atoms with Gasteiger partial charge in [0.1, 0.15) is 0 Å². The molecule has 144 valence electrons. The lowest BCUT2D eigenvalue weighted by atomic mass is 10.2. The molecule has 2 aliphatic heterocycles. The summed E-state index contributed by atoms with van der Waals surface area (Å²) in [6.07, 6.45) is 5.99. The first kappa shape index (κ1) is 18.1. The number of anilines is 2. The van der Waals surface area contributed by atoms with E-state index >= 15 is 0 Å². The van der Waals surface area contributed by atoms with Gasteiger partial charge in [-0.05, 0) is 24.1 Å². The first-order valence-corrected chi connectivity index (χ1v) is 9.51. The van der Waals surface area contributed by atoms with Crippen molar-refractivity contribution in [3.05, 3.63) is 42.1 Å². The predicted molar refractivity (Wildman–Crippen MR) is 101 cm³/mol. The molecule has 0 radical (unpaired) electrons. The maximum Gasteiger partial charge on any atom is 0.227 e. The van der Waals surface area contributed by atoms with Crippen molar-refractivity contribution in [1.82, 2.24) is 19.9 Å². The summed E-state index contributed by atoms with van der Waals surface area (Å²) >= 11 is 0. The van der Waals surface area contributed by atoms with Crippen LogP contribution in [0.25, 0.3) is 0 Å². The fourth-order valence-electron chi connectivity index (χ4n) is 3.57. The van der Waals surface area contributed by atoms with Crippen LogP contribution in [-0.4, -0.2) is 72.3 Å². The van der Waals surface area contributed by atoms with Crippen LogP contribution >= 0.6 is 0 Å². The largest absolute Gasteiger partial charge is 0.378 e. The lowest BCUT2D eigenvalue weighted by Gasteiger charge is -2.29. The molecule has 0 aromatic carbocycles. The van der Waals surface area contributed by atoms with Gasteiger partial charge in [0.25, 0.3) is 0 Å². The first-order chi connectivity index (χ1) is 13.3. The van der Waals surface area contributed by atoms with Crippen LogP contribution in [0.1, 0.15) is 12.0 Å². The van der Waals surface area contributed by atoms with E-state index in [0.717, 1.165) is 39.1 Å². The molecule has 27 heavy (non-hydrogen) atoms. The molecular weight excluding hydrogens is 347 g/mol. The number of rotatable bonds is 4. The highest BCUT2D eigenvalue weighted by Gasteiger charge is 2.21. The molecule has 0 amide bonds. The molecule has 8 heteroatoms. The predicted octanol–water partition coefficient (Wildman–Crippen LogP) is 1.56. The van der Waals surface area contributed by atoms with E-state index in [1.54, 1.807) is 0 Å². The zero-order valence-electron chi connectivity index (χ0n) is 15.4. The van der Waals surface area contributed by atoms with Crippen molar-refractivity contribution in [1.29, 1.82) is 0 Å². The Morgan fingerprint density at radius 2 is 1.78 bits per heavy atom. The second kappa shape index (κ2) is 8.58. The van der Waals surface area contributed by atoms with Crippen LogP contribution in [0.4, 0.5) is 16.2 Å². The molecule has 2 aromatic heterocycles. The van der Waals surface area contributed by atoms with Gasteiger partial charge in [-0.1, -0.05) is 0 Å². The molecule has 0 saturated carbocycles. The fourth-order valence-corrected chi connectivity index (χ4v) is 3.57. The highest BCUT2D eigenvalue weighted by atomic mass is 19.1. The van der Waals surface area contributed by atoms with Crippen LogP contribution in [0.15, 0.2) is 30.7 Å². The van der Waals surface area contributed by atoms with Crippen molar-refractivity contribution < 1.29 is 9.13 Å². The maximum atomic E-state index is 14.3. The van der Waals surface area contributed by atoms with E-state index in [1.807, 2.05) is 17.3 Å². The molecule has 7 nitrogen and oxygen atoms in total. The van der Waals surface area contributed by atoms with Gasteiger partial charge in [0.05, 0.1) is 19.4 Å². The highest BCUT2D eigenvalue weighted by Crippen LogP contribution is 2.21. The Bertz CT molecular complexity index is 740. The monoisotopic (exact) mass is 372 g/mol. The van der Waals surface area contributed by atoms with E-state index in [2.05, 4.69) is 36.9 Å². The summed E-state index contributed by atoms with van der Waals surface area (Å²) in [7, 11) is 0. The lowest BCUT2D eigenvalue weighted by Crippen LogP contribution is -2.38. The quantitative estimate of drug-likeness (QED) is 0.807. The van der Waals surface area contributed by atoms with Crippen molar-refractivity contribution in [3.63, 3.8) is 0 Å². The molecule has 4 rings (SSSR count). The van der Waals surface area contributed by atoms with Gasteiger partial charge in [-0.15, -0.1) is 0 Å². The zero-order valence-corrected chi connectivity index (χ0v) is 15.4. The second-order valence-electron chi connectivity index (χ2n) is 6.91. The van der Waals surface area contributed by atoms with Crippen LogP contribution in [0.3, 0.4) is 0 Å². The van der Waals surface area contributed by atoms with Gasteiger partial charge in [0.2, 0.25) is 5.95 Å². The minimum atomic E-state index is -0.366. The minimum absolute atomic E-state index is 0.366. The van der Waals surface area contributed by atoms with Crippen LogP contribution in [0.2, 0.25) is 0 Å². The van der Waals surface area contributed by atoms with Crippen molar-refractivity contribution in [2.45, 2.75) is 13.0 Å². The number of hydrogen-bond donors (Lipinski definition) is 0. The van der Waals surface area contributed by atoms with Gasteiger partial charge in [-0.3, -0.25) is 9.88 Å². The van der Waals surface area contributed by atoms with Crippen molar-refractivity contribution in [2.75, 3.05) is 62.3 Å². The highest BCUT2D eigenvalue weighted by molar-refractivity contribution is 5.45. The number of nitrogens with zero attached hydrogens (tertiary/aromatic N) is 6. The van der Waals surface area contributed by atoms with Crippen molar-refractivity contribution >= 4 is 11.8 Å².